The summed E-state index contributed by atoms with van der Waals surface area (Å²) in [5.74, 6) is 0.758. The number of carbonyl (C=O) groups is 1. The molecule has 0 fully saturated rings. The lowest BCUT2D eigenvalue weighted by Gasteiger charge is -2.21. The predicted molar refractivity (Wildman–Crippen MR) is 97.3 cm³/mol. The van der Waals surface area contributed by atoms with Crippen LogP contribution in [0, 0.1) is 5.92 Å². The zero-order chi connectivity index (χ0) is 17.7. The van der Waals surface area contributed by atoms with Crippen molar-refractivity contribution < 1.29 is 9.90 Å². The van der Waals surface area contributed by atoms with Crippen molar-refractivity contribution in [3.05, 3.63) is 40.5 Å². The molecule has 5 N–H and O–H groups in total. The number of aliphatic hydroxyl groups is 1. The van der Waals surface area contributed by atoms with E-state index in [0.717, 1.165) is 5.69 Å². The highest BCUT2D eigenvalue weighted by Gasteiger charge is 2.15. The minimum absolute atomic E-state index is 0.00541. The van der Waals surface area contributed by atoms with Crippen molar-refractivity contribution in [2.75, 3.05) is 17.2 Å². The number of carbonyl (C=O) groups excluding carboxylic acids is 1. The maximum atomic E-state index is 11.1. The van der Waals surface area contributed by atoms with E-state index in [1.54, 1.807) is 30.5 Å². The van der Waals surface area contributed by atoms with Gasteiger partial charge in [-0.3, -0.25) is 4.79 Å². The Hall–Kier alpha value is -2.19. The lowest BCUT2D eigenvalue weighted by molar-refractivity contribution is 0.100. The van der Waals surface area contributed by atoms with Gasteiger partial charge in [-0.15, -0.1) is 0 Å². The van der Waals surface area contributed by atoms with Crippen LogP contribution in [0.3, 0.4) is 0 Å². The van der Waals surface area contributed by atoms with Gasteiger partial charge in [-0.25, -0.2) is 4.98 Å². The van der Waals surface area contributed by atoms with E-state index < -0.39 is 5.91 Å². The number of nitrogens with zero attached hydrogens (tertiary/aromatic N) is 2. The fourth-order valence-corrected chi connectivity index (χ4v) is 2.28. The first-order chi connectivity index (χ1) is 11.4. The van der Waals surface area contributed by atoms with Crippen LogP contribution in [0.25, 0.3) is 0 Å². The third kappa shape index (κ3) is 4.65. The summed E-state index contributed by atoms with van der Waals surface area (Å²) >= 11 is 3.40. The van der Waals surface area contributed by atoms with Gasteiger partial charge < -0.3 is 21.5 Å². The average molecular weight is 394 g/mol. The first-order valence-electron chi connectivity index (χ1n) is 7.47. The van der Waals surface area contributed by atoms with Gasteiger partial charge in [0.05, 0.1) is 17.1 Å². The van der Waals surface area contributed by atoms with Crippen LogP contribution >= 0.6 is 15.9 Å². The van der Waals surface area contributed by atoms with Crippen LogP contribution in [0.5, 0.6) is 0 Å². The molecule has 0 bridgehead atoms. The molecule has 0 aliphatic heterocycles. The Morgan fingerprint density at radius 2 is 2.00 bits per heavy atom. The molecule has 8 heteroatoms. The second kappa shape index (κ2) is 8.07. The van der Waals surface area contributed by atoms with Gasteiger partial charge in [0.15, 0.2) is 0 Å². The molecule has 1 atom stereocenters. The number of benzene rings is 1. The Labute approximate surface area is 148 Å². The SMILES string of the molecule is CC(C)[C@H](CO)Nc1nc(Nc2ccc(C(N)=O)cc2)ncc1Br. The van der Waals surface area contributed by atoms with Crippen molar-refractivity contribution in [2.24, 2.45) is 11.7 Å². The second-order valence-corrected chi connectivity index (χ2v) is 6.49. The van der Waals surface area contributed by atoms with Gasteiger partial charge in [0.2, 0.25) is 11.9 Å². The van der Waals surface area contributed by atoms with Crippen LogP contribution in [0.4, 0.5) is 17.5 Å². The van der Waals surface area contributed by atoms with E-state index in [1.807, 2.05) is 13.8 Å². The van der Waals surface area contributed by atoms with Crippen molar-refractivity contribution in [2.45, 2.75) is 19.9 Å². The number of rotatable bonds is 7. The van der Waals surface area contributed by atoms with Crippen molar-refractivity contribution in [3.8, 4) is 0 Å². The summed E-state index contributed by atoms with van der Waals surface area (Å²) < 4.78 is 0.705. The van der Waals surface area contributed by atoms with Crippen molar-refractivity contribution in [1.29, 1.82) is 0 Å². The molecule has 2 aromatic rings. The molecule has 0 unspecified atom stereocenters. The number of aliphatic hydroxyl groups excluding tert-OH is 1. The van der Waals surface area contributed by atoms with Gasteiger partial charge in [0.25, 0.3) is 0 Å². The third-order valence-electron chi connectivity index (χ3n) is 3.49. The number of amides is 1. The van der Waals surface area contributed by atoms with E-state index in [9.17, 15) is 9.90 Å². The van der Waals surface area contributed by atoms with Gasteiger partial charge >= 0.3 is 0 Å². The first kappa shape index (κ1) is 18.2. The Bertz CT molecular complexity index is 706. The zero-order valence-electron chi connectivity index (χ0n) is 13.5. The van der Waals surface area contributed by atoms with E-state index >= 15 is 0 Å². The van der Waals surface area contributed by atoms with E-state index in [2.05, 4.69) is 36.5 Å². The molecule has 128 valence electrons. The number of hydrogen-bond acceptors (Lipinski definition) is 6. The monoisotopic (exact) mass is 393 g/mol. The Kier molecular flexibility index (Phi) is 6.10. The van der Waals surface area contributed by atoms with E-state index in [1.165, 1.54) is 0 Å². The standard InChI is InChI=1S/C16H20BrN5O2/c1-9(2)13(8-23)21-15-12(17)7-19-16(22-15)20-11-5-3-10(4-6-11)14(18)24/h3-7,9,13,23H,8H2,1-2H3,(H2,18,24)(H2,19,20,21,22)/t13-/m0/s1. The van der Waals surface area contributed by atoms with E-state index in [4.69, 9.17) is 5.73 Å². The number of primary amides is 1. The average Bonchev–Trinajstić information content (AvgIpc) is 2.55. The molecule has 7 nitrogen and oxygen atoms in total. The molecule has 1 aromatic heterocycles. The summed E-state index contributed by atoms with van der Waals surface area (Å²) in [6, 6.07) is 6.60. The minimum atomic E-state index is -0.475. The fourth-order valence-electron chi connectivity index (χ4n) is 1.97. The highest BCUT2D eigenvalue weighted by atomic mass is 79.9. The normalized spacial score (nSPS) is 12.0. The van der Waals surface area contributed by atoms with Gasteiger partial charge in [-0.2, -0.15) is 4.98 Å². The molecule has 2 rings (SSSR count). The number of halogens is 1. The van der Waals surface area contributed by atoms with Crippen LogP contribution in [-0.2, 0) is 0 Å². The summed E-state index contributed by atoms with van der Waals surface area (Å²) in [7, 11) is 0. The minimum Gasteiger partial charge on any atom is -0.394 e. The van der Waals surface area contributed by atoms with Gasteiger partial charge in [0, 0.05) is 17.4 Å². The number of anilines is 3. The second-order valence-electron chi connectivity index (χ2n) is 5.63. The number of hydrogen-bond donors (Lipinski definition) is 4. The molecule has 0 saturated heterocycles. The maximum absolute atomic E-state index is 11.1. The molecule has 0 spiro atoms. The topological polar surface area (TPSA) is 113 Å². The molecule has 0 aliphatic carbocycles. The maximum Gasteiger partial charge on any atom is 0.248 e. The van der Waals surface area contributed by atoms with E-state index in [0.29, 0.717) is 21.8 Å². The quantitative estimate of drug-likeness (QED) is 0.574. The van der Waals surface area contributed by atoms with Crippen molar-refractivity contribution in [3.63, 3.8) is 0 Å². The summed E-state index contributed by atoms with van der Waals surface area (Å²) in [6.07, 6.45) is 1.63. The smallest absolute Gasteiger partial charge is 0.248 e. The Morgan fingerprint density at radius 1 is 1.33 bits per heavy atom. The lowest BCUT2D eigenvalue weighted by atomic mass is 10.1. The molecular weight excluding hydrogens is 374 g/mol. The Morgan fingerprint density at radius 3 is 2.54 bits per heavy atom. The molecule has 0 aliphatic rings. The molecule has 24 heavy (non-hydrogen) atoms. The number of nitrogens with one attached hydrogen (secondary N) is 2. The van der Waals surface area contributed by atoms with Crippen LogP contribution in [0.1, 0.15) is 24.2 Å². The zero-order valence-corrected chi connectivity index (χ0v) is 15.0. The summed E-state index contributed by atoms with van der Waals surface area (Å²) in [5.41, 5.74) is 6.38. The summed E-state index contributed by atoms with van der Waals surface area (Å²) in [6.45, 7) is 4.04. The molecule has 0 radical (unpaired) electrons. The lowest BCUT2D eigenvalue weighted by Crippen LogP contribution is -2.30. The van der Waals surface area contributed by atoms with Crippen LogP contribution in [0.15, 0.2) is 34.9 Å². The van der Waals surface area contributed by atoms with Gasteiger partial charge in [-0.1, -0.05) is 13.8 Å². The van der Waals surface area contributed by atoms with Crippen LogP contribution in [-0.4, -0.2) is 33.6 Å². The van der Waals surface area contributed by atoms with Crippen LogP contribution in [0.2, 0.25) is 0 Å². The summed E-state index contributed by atoms with van der Waals surface area (Å²) in [5, 5.41) is 15.7. The highest BCUT2D eigenvalue weighted by molar-refractivity contribution is 9.10. The first-order valence-corrected chi connectivity index (χ1v) is 8.27. The largest absolute Gasteiger partial charge is 0.394 e. The Balaban J connectivity index is 2.16. The van der Waals surface area contributed by atoms with Crippen molar-refractivity contribution in [1.82, 2.24) is 9.97 Å². The van der Waals surface area contributed by atoms with Crippen LogP contribution < -0.4 is 16.4 Å². The third-order valence-corrected chi connectivity index (χ3v) is 4.07. The highest BCUT2D eigenvalue weighted by Crippen LogP contribution is 2.23. The predicted octanol–water partition coefficient (Wildman–Crippen LogP) is 2.51. The van der Waals surface area contributed by atoms with Crippen molar-refractivity contribution >= 4 is 39.3 Å². The molecule has 1 heterocycles. The molecular formula is C16H20BrN5O2. The number of nitrogens with two attached hydrogens (primary N) is 1. The number of aromatic nitrogens is 2. The van der Waals surface area contributed by atoms with E-state index in [-0.39, 0.29) is 18.6 Å². The fraction of sp³-hybridized carbons (Fsp3) is 0.312. The molecule has 0 saturated carbocycles. The molecule has 1 amide bonds. The van der Waals surface area contributed by atoms with Gasteiger partial charge in [-0.05, 0) is 46.1 Å². The van der Waals surface area contributed by atoms with Gasteiger partial charge in [0.1, 0.15) is 5.82 Å². The summed E-state index contributed by atoms with van der Waals surface area (Å²) in [4.78, 5) is 19.7. The molecule has 1 aromatic carbocycles.